The van der Waals surface area contributed by atoms with E-state index in [1.54, 1.807) is 30.2 Å². The zero-order valence-corrected chi connectivity index (χ0v) is 11.9. The van der Waals surface area contributed by atoms with E-state index in [0.717, 1.165) is 29.1 Å². The first kappa shape index (κ1) is 12.9. The first-order valence-corrected chi connectivity index (χ1v) is 7.68. The molecular formula is C14H14N4OS. The van der Waals surface area contributed by atoms with Gasteiger partial charge in [-0.2, -0.15) is 11.8 Å². The molecule has 0 unspecified atom stereocenters. The van der Waals surface area contributed by atoms with Gasteiger partial charge in [-0.3, -0.25) is 14.9 Å². The predicted octanol–water partition coefficient (Wildman–Crippen LogP) is 1.99. The second-order valence-corrected chi connectivity index (χ2v) is 5.41. The molecule has 1 N–H and O–H groups in total. The van der Waals surface area contributed by atoms with E-state index in [0.29, 0.717) is 5.65 Å². The van der Waals surface area contributed by atoms with Crippen molar-refractivity contribution in [3.05, 3.63) is 52.7 Å². The maximum atomic E-state index is 12.1. The number of fused-ring (bicyclic) bond motifs is 1. The number of rotatable bonds is 4. The van der Waals surface area contributed by atoms with Crippen LogP contribution in [0.1, 0.15) is 5.69 Å². The standard InChI is InChI=1S/C14H14N4OS/c1-20-7-4-11-8-14(19)18-13(16-11)9-12(17-18)10-2-5-15-6-3-10/h2-3,5-6,8-9,17H,4,7H2,1H3. The molecule has 0 bridgehead atoms. The Bertz CT molecular complexity index is 779. The fourth-order valence-electron chi connectivity index (χ4n) is 2.05. The highest BCUT2D eigenvalue weighted by molar-refractivity contribution is 7.98. The van der Waals surface area contributed by atoms with Crippen LogP contribution in [0.3, 0.4) is 0 Å². The van der Waals surface area contributed by atoms with Crippen LogP contribution in [0.25, 0.3) is 16.9 Å². The Hall–Kier alpha value is -2.08. The Labute approximate surface area is 120 Å². The Morgan fingerprint density at radius 2 is 2.10 bits per heavy atom. The van der Waals surface area contributed by atoms with Crippen LogP contribution in [0.15, 0.2) is 41.5 Å². The minimum absolute atomic E-state index is 0.0774. The van der Waals surface area contributed by atoms with Gasteiger partial charge in [-0.1, -0.05) is 0 Å². The average molecular weight is 286 g/mol. The maximum Gasteiger partial charge on any atom is 0.272 e. The third kappa shape index (κ3) is 2.46. The minimum atomic E-state index is -0.0774. The number of aromatic amines is 1. The number of nitrogens with zero attached hydrogens (tertiary/aromatic N) is 3. The Morgan fingerprint density at radius 1 is 1.30 bits per heavy atom. The first-order chi connectivity index (χ1) is 9.78. The number of hydrogen-bond acceptors (Lipinski definition) is 4. The van der Waals surface area contributed by atoms with E-state index >= 15 is 0 Å². The van der Waals surface area contributed by atoms with Gasteiger partial charge in [0.15, 0.2) is 5.65 Å². The molecule has 0 aliphatic heterocycles. The summed E-state index contributed by atoms with van der Waals surface area (Å²) in [5, 5.41) is 3.07. The second kappa shape index (κ2) is 5.50. The summed E-state index contributed by atoms with van der Waals surface area (Å²) < 4.78 is 1.47. The van der Waals surface area contributed by atoms with Gasteiger partial charge in [0.1, 0.15) is 0 Å². The summed E-state index contributed by atoms with van der Waals surface area (Å²) in [5.41, 5.74) is 3.26. The van der Waals surface area contributed by atoms with E-state index in [1.165, 1.54) is 4.52 Å². The normalized spacial score (nSPS) is 11.1. The molecule has 0 spiro atoms. The largest absolute Gasteiger partial charge is 0.289 e. The van der Waals surface area contributed by atoms with Crippen molar-refractivity contribution in [1.82, 2.24) is 19.6 Å². The molecule has 3 rings (SSSR count). The van der Waals surface area contributed by atoms with Crippen molar-refractivity contribution in [2.24, 2.45) is 0 Å². The predicted molar refractivity (Wildman–Crippen MR) is 81.1 cm³/mol. The number of pyridine rings is 1. The number of hydrogen-bond donors (Lipinski definition) is 1. The molecule has 3 heterocycles. The Balaban J connectivity index is 2.07. The molecule has 0 aromatic carbocycles. The van der Waals surface area contributed by atoms with Gasteiger partial charge >= 0.3 is 0 Å². The SMILES string of the molecule is CSCCc1cc(=O)n2[nH]c(-c3ccncc3)cc2n1. The summed E-state index contributed by atoms with van der Waals surface area (Å²) in [6.07, 6.45) is 6.30. The molecule has 0 saturated heterocycles. The van der Waals surface area contributed by atoms with Gasteiger partial charge in [-0.15, -0.1) is 0 Å². The number of aryl methyl sites for hydroxylation is 1. The monoisotopic (exact) mass is 286 g/mol. The van der Waals surface area contributed by atoms with Crippen molar-refractivity contribution >= 4 is 17.4 Å². The van der Waals surface area contributed by atoms with Gasteiger partial charge in [0.2, 0.25) is 0 Å². The molecule has 6 heteroatoms. The Morgan fingerprint density at radius 3 is 2.85 bits per heavy atom. The van der Waals surface area contributed by atoms with Crippen molar-refractivity contribution in [1.29, 1.82) is 0 Å². The molecule has 5 nitrogen and oxygen atoms in total. The van der Waals surface area contributed by atoms with Crippen LogP contribution in [0.2, 0.25) is 0 Å². The molecule has 0 saturated carbocycles. The van der Waals surface area contributed by atoms with E-state index in [9.17, 15) is 4.79 Å². The molecule has 102 valence electrons. The summed E-state index contributed by atoms with van der Waals surface area (Å²) in [7, 11) is 0. The summed E-state index contributed by atoms with van der Waals surface area (Å²) >= 11 is 1.75. The first-order valence-electron chi connectivity index (χ1n) is 6.29. The number of nitrogens with one attached hydrogen (secondary N) is 1. The third-order valence-corrected chi connectivity index (χ3v) is 3.67. The van der Waals surface area contributed by atoms with Crippen molar-refractivity contribution in [3.8, 4) is 11.3 Å². The minimum Gasteiger partial charge on any atom is -0.289 e. The van der Waals surface area contributed by atoms with Crippen molar-refractivity contribution in [2.75, 3.05) is 12.0 Å². The summed E-state index contributed by atoms with van der Waals surface area (Å²) in [6, 6.07) is 7.27. The fraction of sp³-hybridized carbons (Fsp3) is 0.214. The summed E-state index contributed by atoms with van der Waals surface area (Å²) in [6.45, 7) is 0. The lowest BCUT2D eigenvalue weighted by molar-refractivity contribution is 0.880. The van der Waals surface area contributed by atoms with E-state index in [1.807, 2.05) is 24.5 Å². The van der Waals surface area contributed by atoms with E-state index in [2.05, 4.69) is 15.1 Å². The molecule has 0 aliphatic rings. The molecule has 0 aliphatic carbocycles. The van der Waals surface area contributed by atoms with Gasteiger partial charge in [0.25, 0.3) is 5.56 Å². The highest BCUT2D eigenvalue weighted by Gasteiger charge is 2.07. The van der Waals surface area contributed by atoms with E-state index in [-0.39, 0.29) is 5.56 Å². The summed E-state index contributed by atoms with van der Waals surface area (Å²) in [4.78, 5) is 20.6. The van der Waals surface area contributed by atoms with Gasteiger partial charge in [0, 0.05) is 35.8 Å². The molecule has 0 fully saturated rings. The molecule has 3 aromatic heterocycles. The van der Waals surface area contributed by atoms with Crippen LogP contribution >= 0.6 is 11.8 Å². The summed E-state index contributed by atoms with van der Waals surface area (Å²) in [5.74, 6) is 0.963. The lowest BCUT2D eigenvalue weighted by atomic mass is 10.2. The highest BCUT2D eigenvalue weighted by Crippen LogP contribution is 2.17. The lowest BCUT2D eigenvalue weighted by Crippen LogP contribution is -2.15. The van der Waals surface area contributed by atoms with Crippen LogP contribution in [-0.2, 0) is 6.42 Å². The number of H-pyrrole nitrogens is 1. The topological polar surface area (TPSA) is 63.0 Å². The number of thioether (sulfide) groups is 1. The van der Waals surface area contributed by atoms with Gasteiger partial charge in [0.05, 0.1) is 5.69 Å². The smallest absolute Gasteiger partial charge is 0.272 e. The van der Waals surface area contributed by atoms with Crippen molar-refractivity contribution in [3.63, 3.8) is 0 Å². The second-order valence-electron chi connectivity index (χ2n) is 4.43. The van der Waals surface area contributed by atoms with E-state index in [4.69, 9.17) is 0 Å². The average Bonchev–Trinajstić information content (AvgIpc) is 2.91. The lowest BCUT2D eigenvalue weighted by Gasteiger charge is -1.98. The molecule has 3 aromatic rings. The van der Waals surface area contributed by atoms with Crippen molar-refractivity contribution < 1.29 is 0 Å². The molecule has 0 radical (unpaired) electrons. The Kier molecular flexibility index (Phi) is 3.56. The van der Waals surface area contributed by atoms with Crippen LogP contribution in [0.4, 0.5) is 0 Å². The number of aromatic nitrogens is 4. The van der Waals surface area contributed by atoms with E-state index < -0.39 is 0 Å². The van der Waals surface area contributed by atoms with Gasteiger partial charge < -0.3 is 0 Å². The van der Waals surface area contributed by atoms with Gasteiger partial charge in [-0.25, -0.2) is 9.50 Å². The van der Waals surface area contributed by atoms with Crippen LogP contribution in [-0.4, -0.2) is 31.6 Å². The molecule has 20 heavy (non-hydrogen) atoms. The maximum absolute atomic E-state index is 12.1. The quantitative estimate of drug-likeness (QED) is 0.796. The van der Waals surface area contributed by atoms with Crippen LogP contribution < -0.4 is 5.56 Å². The zero-order chi connectivity index (χ0) is 13.9. The van der Waals surface area contributed by atoms with Crippen LogP contribution in [0.5, 0.6) is 0 Å². The van der Waals surface area contributed by atoms with Crippen molar-refractivity contribution in [2.45, 2.75) is 6.42 Å². The third-order valence-electron chi connectivity index (χ3n) is 3.06. The zero-order valence-electron chi connectivity index (χ0n) is 11.0. The highest BCUT2D eigenvalue weighted by atomic mass is 32.2. The molecule has 0 atom stereocenters. The molecule has 0 amide bonds. The fourth-order valence-corrected chi connectivity index (χ4v) is 2.47. The van der Waals surface area contributed by atoms with Gasteiger partial charge in [-0.05, 0) is 30.6 Å². The van der Waals surface area contributed by atoms with Crippen LogP contribution in [0, 0.1) is 0 Å². The molecular weight excluding hydrogens is 272 g/mol.